The lowest BCUT2D eigenvalue weighted by atomic mass is 10.1. The number of nitrogens with one attached hydrogen (secondary N) is 1. The molecule has 1 amide bonds. The average Bonchev–Trinajstić information content (AvgIpc) is 3.14. The summed E-state index contributed by atoms with van der Waals surface area (Å²) in [6, 6.07) is 5.99. The van der Waals surface area contributed by atoms with E-state index in [1.807, 2.05) is 18.2 Å². The van der Waals surface area contributed by atoms with Gasteiger partial charge in [0.2, 0.25) is 5.91 Å². The van der Waals surface area contributed by atoms with Crippen molar-refractivity contribution in [2.24, 2.45) is 7.05 Å². The summed E-state index contributed by atoms with van der Waals surface area (Å²) in [5.41, 5.74) is 2.92. The monoisotopic (exact) mass is 313 g/mol. The summed E-state index contributed by atoms with van der Waals surface area (Å²) >= 11 is 0. The van der Waals surface area contributed by atoms with Crippen molar-refractivity contribution in [2.75, 3.05) is 11.9 Å². The summed E-state index contributed by atoms with van der Waals surface area (Å²) in [5.74, 6) is 1.84. The van der Waals surface area contributed by atoms with E-state index in [9.17, 15) is 4.79 Å². The van der Waals surface area contributed by atoms with Crippen LogP contribution in [-0.2, 0) is 16.6 Å². The van der Waals surface area contributed by atoms with E-state index in [0.29, 0.717) is 12.3 Å². The molecule has 1 unspecified atom stereocenters. The molecule has 1 saturated carbocycles. The van der Waals surface area contributed by atoms with E-state index >= 15 is 0 Å². The molecule has 0 spiro atoms. The first-order valence-corrected chi connectivity index (χ1v) is 8.58. The molecule has 1 N–H and O–H groups in total. The van der Waals surface area contributed by atoms with Gasteiger partial charge in [0, 0.05) is 31.7 Å². The molecule has 122 valence electrons. The third-order valence-corrected chi connectivity index (χ3v) is 4.86. The lowest BCUT2D eigenvalue weighted by molar-refractivity contribution is -0.116. The summed E-state index contributed by atoms with van der Waals surface area (Å²) < 4.78 is 7.74. The second-order valence-corrected chi connectivity index (χ2v) is 6.73. The first kappa shape index (κ1) is 14.7. The Morgan fingerprint density at radius 1 is 1.39 bits per heavy atom. The number of hydrogen-bond acceptors (Lipinski definition) is 3. The molecule has 1 aromatic carbocycles. The first-order chi connectivity index (χ1) is 11.2. The lowest BCUT2D eigenvalue weighted by Crippen LogP contribution is -2.15. The zero-order chi connectivity index (χ0) is 15.8. The van der Waals surface area contributed by atoms with Crippen molar-refractivity contribution in [2.45, 2.75) is 50.5 Å². The highest BCUT2D eigenvalue weighted by Gasteiger charge is 2.28. The fourth-order valence-corrected chi connectivity index (χ4v) is 3.39. The predicted octanol–water partition coefficient (Wildman–Crippen LogP) is 3.35. The SMILES string of the molecule is Cn1c(C2CC2)nc2cc(NC(=O)CCC3CCCO3)ccc21. The van der Waals surface area contributed by atoms with Crippen LogP contribution in [0.4, 0.5) is 5.69 Å². The molecule has 1 aromatic heterocycles. The van der Waals surface area contributed by atoms with Crippen LogP contribution in [0.1, 0.15) is 50.3 Å². The van der Waals surface area contributed by atoms with Gasteiger partial charge < -0.3 is 14.6 Å². The summed E-state index contributed by atoms with van der Waals surface area (Å²) in [4.78, 5) is 16.8. The second kappa shape index (κ2) is 5.96. The summed E-state index contributed by atoms with van der Waals surface area (Å²) in [5, 5.41) is 2.99. The van der Waals surface area contributed by atoms with E-state index in [4.69, 9.17) is 9.72 Å². The molecular formula is C18H23N3O2. The summed E-state index contributed by atoms with van der Waals surface area (Å²) in [6.45, 7) is 0.839. The highest BCUT2D eigenvalue weighted by atomic mass is 16.5. The molecule has 23 heavy (non-hydrogen) atoms. The highest BCUT2D eigenvalue weighted by molar-refractivity contribution is 5.93. The standard InChI is InChI=1S/C18H23N3O2/c1-21-16-8-6-13(11-15(16)20-18(21)12-4-5-12)19-17(22)9-7-14-3-2-10-23-14/h6,8,11-12,14H,2-5,7,9-10H2,1H3,(H,19,22). The zero-order valence-corrected chi connectivity index (χ0v) is 13.5. The highest BCUT2D eigenvalue weighted by Crippen LogP contribution is 2.40. The molecule has 5 nitrogen and oxygen atoms in total. The molecule has 4 rings (SSSR count). The number of amides is 1. The van der Waals surface area contributed by atoms with Crippen LogP contribution in [0.3, 0.4) is 0 Å². The van der Waals surface area contributed by atoms with Crippen LogP contribution in [0, 0.1) is 0 Å². The van der Waals surface area contributed by atoms with Gasteiger partial charge in [-0.1, -0.05) is 0 Å². The van der Waals surface area contributed by atoms with Gasteiger partial charge in [-0.15, -0.1) is 0 Å². The molecule has 1 aliphatic heterocycles. The minimum absolute atomic E-state index is 0.0539. The van der Waals surface area contributed by atoms with Crippen LogP contribution in [0.15, 0.2) is 18.2 Å². The molecular weight excluding hydrogens is 290 g/mol. The topological polar surface area (TPSA) is 56.2 Å². The van der Waals surface area contributed by atoms with Gasteiger partial charge in [0.05, 0.1) is 17.1 Å². The van der Waals surface area contributed by atoms with Crippen molar-refractivity contribution in [1.82, 2.24) is 9.55 Å². The number of anilines is 1. The number of aryl methyl sites for hydroxylation is 1. The number of fused-ring (bicyclic) bond motifs is 1. The largest absolute Gasteiger partial charge is 0.378 e. The minimum atomic E-state index is 0.0539. The van der Waals surface area contributed by atoms with E-state index < -0.39 is 0 Å². The molecule has 2 aliphatic rings. The number of imidazole rings is 1. The minimum Gasteiger partial charge on any atom is -0.378 e. The second-order valence-electron chi connectivity index (χ2n) is 6.73. The van der Waals surface area contributed by atoms with E-state index in [2.05, 4.69) is 16.9 Å². The van der Waals surface area contributed by atoms with Crippen LogP contribution in [0.2, 0.25) is 0 Å². The first-order valence-electron chi connectivity index (χ1n) is 8.58. The number of carbonyl (C=O) groups excluding carboxylic acids is 1. The molecule has 2 heterocycles. The van der Waals surface area contributed by atoms with Gasteiger partial charge in [0.15, 0.2) is 0 Å². The van der Waals surface area contributed by atoms with Crippen LogP contribution in [0.5, 0.6) is 0 Å². The molecule has 1 saturated heterocycles. The van der Waals surface area contributed by atoms with E-state index in [1.54, 1.807) is 0 Å². The quantitative estimate of drug-likeness (QED) is 0.921. The van der Waals surface area contributed by atoms with Crippen LogP contribution in [-0.4, -0.2) is 28.2 Å². The number of carbonyl (C=O) groups is 1. The fourth-order valence-electron chi connectivity index (χ4n) is 3.39. The number of benzene rings is 1. The number of hydrogen-bond donors (Lipinski definition) is 1. The number of ether oxygens (including phenoxy) is 1. The summed E-state index contributed by atoms with van der Waals surface area (Å²) in [6.07, 6.45) is 6.26. The van der Waals surface area contributed by atoms with E-state index in [1.165, 1.54) is 18.7 Å². The van der Waals surface area contributed by atoms with Gasteiger partial charge in [-0.2, -0.15) is 0 Å². The molecule has 1 aliphatic carbocycles. The van der Waals surface area contributed by atoms with Crippen molar-refractivity contribution in [3.63, 3.8) is 0 Å². The van der Waals surface area contributed by atoms with Crippen LogP contribution < -0.4 is 5.32 Å². The molecule has 2 fully saturated rings. The third kappa shape index (κ3) is 3.11. The number of nitrogens with zero attached hydrogens (tertiary/aromatic N) is 2. The Morgan fingerprint density at radius 3 is 3.00 bits per heavy atom. The van der Waals surface area contributed by atoms with Crippen LogP contribution in [0.25, 0.3) is 11.0 Å². The van der Waals surface area contributed by atoms with Gasteiger partial charge in [0.1, 0.15) is 5.82 Å². The summed E-state index contributed by atoms with van der Waals surface area (Å²) in [7, 11) is 2.07. The van der Waals surface area contributed by atoms with Gasteiger partial charge in [-0.05, 0) is 50.3 Å². The maximum Gasteiger partial charge on any atom is 0.224 e. The maximum atomic E-state index is 12.1. The Morgan fingerprint density at radius 2 is 2.26 bits per heavy atom. The van der Waals surface area contributed by atoms with E-state index in [0.717, 1.165) is 42.6 Å². The van der Waals surface area contributed by atoms with Gasteiger partial charge in [-0.25, -0.2) is 4.98 Å². The van der Waals surface area contributed by atoms with Crippen molar-refractivity contribution in [3.05, 3.63) is 24.0 Å². The smallest absolute Gasteiger partial charge is 0.224 e. The fraction of sp³-hybridized carbons (Fsp3) is 0.556. The number of aromatic nitrogens is 2. The predicted molar refractivity (Wildman–Crippen MR) is 89.5 cm³/mol. The van der Waals surface area contributed by atoms with Crippen LogP contribution >= 0.6 is 0 Å². The molecule has 0 bridgehead atoms. The molecule has 1 atom stereocenters. The van der Waals surface area contributed by atoms with Gasteiger partial charge in [-0.3, -0.25) is 4.79 Å². The third-order valence-electron chi connectivity index (χ3n) is 4.86. The van der Waals surface area contributed by atoms with Crippen molar-refractivity contribution < 1.29 is 9.53 Å². The van der Waals surface area contributed by atoms with Gasteiger partial charge in [0.25, 0.3) is 0 Å². The lowest BCUT2D eigenvalue weighted by Gasteiger charge is -2.09. The van der Waals surface area contributed by atoms with E-state index in [-0.39, 0.29) is 12.0 Å². The average molecular weight is 313 g/mol. The molecule has 5 heteroatoms. The van der Waals surface area contributed by atoms with Crippen molar-refractivity contribution >= 4 is 22.6 Å². The Kier molecular flexibility index (Phi) is 3.81. The maximum absolute atomic E-state index is 12.1. The molecule has 0 radical (unpaired) electrons. The zero-order valence-electron chi connectivity index (χ0n) is 13.5. The Bertz CT molecular complexity index is 727. The normalized spacial score (nSPS) is 21.0. The Labute approximate surface area is 136 Å². The van der Waals surface area contributed by atoms with Crippen molar-refractivity contribution in [3.8, 4) is 0 Å². The van der Waals surface area contributed by atoms with Crippen molar-refractivity contribution in [1.29, 1.82) is 0 Å². The Balaban J connectivity index is 1.43. The van der Waals surface area contributed by atoms with Gasteiger partial charge >= 0.3 is 0 Å². The molecule has 2 aromatic rings. The Hall–Kier alpha value is -1.88. The number of rotatable bonds is 5.